The Morgan fingerprint density at radius 2 is 2.33 bits per heavy atom. The highest BCUT2D eigenvalue weighted by molar-refractivity contribution is 6.30. The molecular weight excluding hydrogens is 286 g/mol. The van der Waals surface area contributed by atoms with Gasteiger partial charge in [-0.3, -0.25) is 0 Å². The number of benzene rings is 1. The molecule has 1 saturated carbocycles. The van der Waals surface area contributed by atoms with Gasteiger partial charge in [0.2, 0.25) is 5.89 Å². The number of nitrogens with two attached hydrogens (primary N) is 1. The first kappa shape index (κ1) is 14.5. The Balaban J connectivity index is 1.77. The molecule has 0 amide bonds. The van der Waals surface area contributed by atoms with Gasteiger partial charge in [0.15, 0.2) is 5.82 Å². The van der Waals surface area contributed by atoms with Gasteiger partial charge >= 0.3 is 0 Å². The third-order valence-corrected chi connectivity index (χ3v) is 4.43. The molecule has 112 valence electrons. The zero-order valence-corrected chi connectivity index (χ0v) is 12.9. The van der Waals surface area contributed by atoms with Crippen LogP contribution in [0, 0.1) is 5.92 Å². The van der Waals surface area contributed by atoms with E-state index in [2.05, 4.69) is 17.1 Å². The maximum absolute atomic E-state index is 6.50. The van der Waals surface area contributed by atoms with Crippen LogP contribution in [0.1, 0.15) is 49.9 Å². The van der Waals surface area contributed by atoms with Gasteiger partial charge in [-0.1, -0.05) is 48.7 Å². The predicted molar refractivity (Wildman–Crippen MR) is 82.1 cm³/mol. The Bertz CT molecular complexity index is 627. The third-order valence-electron chi connectivity index (χ3n) is 4.19. The van der Waals surface area contributed by atoms with Crippen molar-refractivity contribution in [3.63, 3.8) is 0 Å². The molecule has 1 heterocycles. The second kappa shape index (κ2) is 5.78. The minimum atomic E-state index is -0.437. The zero-order chi connectivity index (χ0) is 14.9. The van der Waals surface area contributed by atoms with Crippen molar-refractivity contribution in [2.75, 3.05) is 0 Å². The van der Waals surface area contributed by atoms with E-state index < -0.39 is 5.54 Å². The fourth-order valence-electron chi connectivity index (χ4n) is 3.15. The van der Waals surface area contributed by atoms with Crippen LogP contribution < -0.4 is 5.73 Å². The van der Waals surface area contributed by atoms with E-state index in [1.807, 2.05) is 24.3 Å². The van der Waals surface area contributed by atoms with Crippen molar-refractivity contribution < 1.29 is 4.52 Å². The van der Waals surface area contributed by atoms with Crippen LogP contribution in [-0.2, 0) is 12.0 Å². The molecule has 0 bridgehead atoms. The topological polar surface area (TPSA) is 64.9 Å². The average molecular weight is 306 g/mol. The molecule has 0 saturated heterocycles. The van der Waals surface area contributed by atoms with Gasteiger partial charge in [-0.25, -0.2) is 0 Å². The van der Waals surface area contributed by atoms with Gasteiger partial charge in [-0.2, -0.15) is 4.98 Å². The van der Waals surface area contributed by atoms with Gasteiger partial charge in [-0.05, 0) is 36.5 Å². The molecule has 2 atom stereocenters. The monoisotopic (exact) mass is 305 g/mol. The molecule has 1 fully saturated rings. The first-order valence-corrected chi connectivity index (χ1v) is 7.79. The van der Waals surface area contributed by atoms with E-state index in [0.717, 1.165) is 24.8 Å². The minimum absolute atomic E-state index is 0.437. The summed E-state index contributed by atoms with van der Waals surface area (Å²) < 4.78 is 5.38. The van der Waals surface area contributed by atoms with Crippen LogP contribution in [0.2, 0.25) is 5.02 Å². The molecule has 1 aromatic heterocycles. The molecule has 21 heavy (non-hydrogen) atoms. The first-order chi connectivity index (χ1) is 10.0. The molecule has 3 rings (SSSR count). The second-order valence-electron chi connectivity index (χ2n) is 6.18. The van der Waals surface area contributed by atoms with Crippen molar-refractivity contribution >= 4 is 11.6 Å². The lowest BCUT2D eigenvalue weighted by Gasteiger charge is -2.33. The van der Waals surface area contributed by atoms with Gasteiger partial charge in [0.05, 0.1) is 12.0 Å². The van der Waals surface area contributed by atoms with Gasteiger partial charge in [0.1, 0.15) is 0 Å². The van der Waals surface area contributed by atoms with E-state index in [9.17, 15) is 0 Å². The van der Waals surface area contributed by atoms with Gasteiger partial charge in [0, 0.05) is 5.02 Å². The van der Waals surface area contributed by atoms with Gasteiger partial charge in [0.25, 0.3) is 0 Å². The van der Waals surface area contributed by atoms with E-state index in [1.54, 1.807) is 0 Å². The summed E-state index contributed by atoms with van der Waals surface area (Å²) in [5.41, 5.74) is 7.12. The standard InChI is InChI=1S/C16H20ClN3O/c1-11-4-3-7-16(18,10-11)15-19-14(21-20-15)9-12-5-2-6-13(17)8-12/h2,5-6,8,11H,3-4,7,9-10,18H2,1H3. The summed E-state index contributed by atoms with van der Waals surface area (Å²) in [6.45, 7) is 2.23. The number of aromatic nitrogens is 2. The van der Waals surface area contributed by atoms with E-state index in [0.29, 0.717) is 29.1 Å². The molecule has 2 aromatic rings. The lowest BCUT2D eigenvalue weighted by Crippen LogP contribution is -2.42. The molecule has 0 radical (unpaired) electrons. The van der Waals surface area contributed by atoms with Gasteiger partial charge < -0.3 is 10.3 Å². The summed E-state index contributed by atoms with van der Waals surface area (Å²) in [4.78, 5) is 4.52. The van der Waals surface area contributed by atoms with Crippen LogP contribution in [0.3, 0.4) is 0 Å². The van der Waals surface area contributed by atoms with Gasteiger partial charge in [-0.15, -0.1) is 0 Å². The summed E-state index contributed by atoms with van der Waals surface area (Å²) in [7, 11) is 0. The number of rotatable bonds is 3. The normalized spacial score (nSPS) is 26.0. The fourth-order valence-corrected chi connectivity index (χ4v) is 3.36. The highest BCUT2D eigenvalue weighted by Crippen LogP contribution is 2.36. The third kappa shape index (κ3) is 3.27. The van der Waals surface area contributed by atoms with Crippen LogP contribution in [0.25, 0.3) is 0 Å². The van der Waals surface area contributed by atoms with Crippen molar-refractivity contribution in [2.45, 2.75) is 44.6 Å². The maximum atomic E-state index is 6.50. The lowest BCUT2D eigenvalue weighted by atomic mass is 9.76. The quantitative estimate of drug-likeness (QED) is 0.939. The molecule has 2 unspecified atom stereocenters. The number of halogens is 1. The Hall–Kier alpha value is -1.39. The smallest absolute Gasteiger partial charge is 0.231 e. The molecule has 0 spiro atoms. The van der Waals surface area contributed by atoms with Crippen molar-refractivity contribution in [3.8, 4) is 0 Å². The average Bonchev–Trinajstić information content (AvgIpc) is 2.88. The first-order valence-electron chi connectivity index (χ1n) is 7.41. The number of nitrogens with zero attached hydrogens (tertiary/aromatic N) is 2. The molecule has 1 aromatic carbocycles. The van der Waals surface area contributed by atoms with Crippen molar-refractivity contribution in [2.24, 2.45) is 11.7 Å². The maximum Gasteiger partial charge on any atom is 0.231 e. The van der Waals surface area contributed by atoms with Crippen molar-refractivity contribution in [3.05, 3.63) is 46.6 Å². The number of hydrogen-bond acceptors (Lipinski definition) is 4. The summed E-state index contributed by atoms with van der Waals surface area (Å²) in [5.74, 6) is 1.85. The highest BCUT2D eigenvalue weighted by Gasteiger charge is 2.36. The van der Waals surface area contributed by atoms with E-state index in [1.165, 1.54) is 6.42 Å². The van der Waals surface area contributed by atoms with Crippen LogP contribution in [0.5, 0.6) is 0 Å². The summed E-state index contributed by atoms with van der Waals surface area (Å²) in [5, 5.41) is 4.83. The number of hydrogen-bond donors (Lipinski definition) is 1. The largest absolute Gasteiger partial charge is 0.339 e. The molecule has 0 aliphatic heterocycles. The van der Waals surface area contributed by atoms with Crippen molar-refractivity contribution in [1.82, 2.24) is 10.1 Å². The Morgan fingerprint density at radius 1 is 1.48 bits per heavy atom. The molecular formula is C16H20ClN3O. The highest BCUT2D eigenvalue weighted by atomic mass is 35.5. The van der Waals surface area contributed by atoms with E-state index >= 15 is 0 Å². The predicted octanol–water partition coefficient (Wildman–Crippen LogP) is 3.68. The Kier molecular flexibility index (Phi) is 4.00. The zero-order valence-electron chi connectivity index (χ0n) is 12.2. The van der Waals surface area contributed by atoms with E-state index in [4.69, 9.17) is 21.9 Å². The van der Waals surface area contributed by atoms with Crippen LogP contribution in [0.4, 0.5) is 0 Å². The molecule has 4 nitrogen and oxygen atoms in total. The molecule has 2 N–H and O–H groups in total. The Morgan fingerprint density at radius 3 is 3.10 bits per heavy atom. The van der Waals surface area contributed by atoms with E-state index in [-0.39, 0.29) is 0 Å². The Labute approximate surface area is 129 Å². The molecule has 1 aliphatic carbocycles. The summed E-state index contributed by atoms with van der Waals surface area (Å²) in [6, 6.07) is 7.67. The second-order valence-corrected chi connectivity index (χ2v) is 6.61. The minimum Gasteiger partial charge on any atom is -0.339 e. The van der Waals surface area contributed by atoms with Crippen molar-refractivity contribution in [1.29, 1.82) is 0 Å². The molecule has 1 aliphatic rings. The lowest BCUT2D eigenvalue weighted by molar-refractivity contribution is 0.221. The SMILES string of the molecule is CC1CCCC(N)(c2noc(Cc3cccc(Cl)c3)n2)C1. The summed E-state index contributed by atoms with van der Waals surface area (Å²) >= 11 is 5.99. The van der Waals surface area contributed by atoms with Crippen LogP contribution in [0.15, 0.2) is 28.8 Å². The molecule has 5 heteroatoms. The van der Waals surface area contributed by atoms with Crippen LogP contribution in [-0.4, -0.2) is 10.1 Å². The summed E-state index contributed by atoms with van der Waals surface area (Å²) in [6.07, 6.45) is 4.78. The fraction of sp³-hybridized carbons (Fsp3) is 0.500. The van der Waals surface area contributed by atoms with Crippen LogP contribution >= 0.6 is 11.6 Å².